The van der Waals surface area contributed by atoms with Gasteiger partial charge in [0.05, 0.1) is 19.1 Å². The monoisotopic (exact) mass is 358 g/mol. The molecule has 0 bridgehead atoms. The Hall–Kier alpha value is -2.38. The Bertz CT molecular complexity index is 892. The summed E-state index contributed by atoms with van der Waals surface area (Å²) >= 11 is 2.54. The van der Waals surface area contributed by atoms with Crippen LogP contribution in [0.25, 0.3) is 10.8 Å². The number of ether oxygens (including phenoxy) is 1. The first-order chi connectivity index (χ1) is 11.7. The van der Waals surface area contributed by atoms with Gasteiger partial charge in [-0.05, 0) is 22.9 Å². The van der Waals surface area contributed by atoms with E-state index in [0.717, 1.165) is 21.6 Å². The third-order valence-electron chi connectivity index (χ3n) is 3.23. The maximum absolute atomic E-state index is 12.0. The number of hydrogen-bond donors (Lipinski definition) is 1. The predicted molar refractivity (Wildman–Crippen MR) is 96.8 cm³/mol. The smallest absolute Gasteiger partial charge is 0.349 e. The van der Waals surface area contributed by atoms with Crippen LogP contribution < -0.4 is 5.32 Å². The SMILES string of the molecule is COC(=O)c1cnc(NC(=O)CSc2ccc3ccccc3c2)s1. The van der Waals surface area contributed by atoms with E-state index >= 15 is 0 Å². The zero-order chi connectivity index (χ0) is 16.9. The van der Waals surface area contributed by atoms with Crippen molar-refractivity contribution in [1.29, 1.82) is 0 Å². The van der Waals surface area contributed by atoms with Crippen LogP contribution in [0.2, 0.25) is 0 Å². The second-order valence-electron chi connectivity index (χ2n) is 4.87. The number of esters is 1. The number of rotatable bonds is 5. The lowest BCUT2D eigenvalue weighted by atomic mass is 10.1. The summed E-state index contributed by atoms with van der Waals surface area (Å²) in [5.41, 5.74) is 0. The van der Waals surface area contributed by atoms with Crippen LogP contribution in [0.4, 0.5) is 5.13 Å². The van der Waals surface area contributed by atoms with Crippen LogP contribution in [-0.4, -0.2) is 29.7 Å². The molecular formula is C17H14N2O3S2. The van der Waals surface area contributed by atoms with Crippen LogP contribution in [0.15, 0.2) is 53.6 Å². The fraction of sp³-hybridized carbons (Fsp3) is 0.118. The first-order valence-corrected chi connectivity index (χ1v) is 8.91. The molecule has 0 unspecified atom stereocenters. The highest BCUT2D eigenvalue weighted by Gasteiger charge is 2.12. The largest absolute Gasteiger partial charge is 0.465 e. The summed E-state index contributed by atoms with van der Waals surface area (Å²) in [5.74, 6) is -0.358. The molecule has 0 saturated heterocycles. The van der Waals surface area contributed by atoms with Gasteiger partial charge in [-0.3, -0.25) is 4.79 Å². The van der Waals surface area contributed by atoms with Crippen LogP contribution in [0, 0.1) is 0 Å². The number of hydrogen-bond acceptors (Lipinski definition) is 6. The average Bonchev–Trinajstić information content (AvgIpc) is 3.07. The molecule has 122 valence electrons. The first kappa shape index (κ1) is 16.5. The highest BCUT2D eigenvalue weighted by Crippen LogP contribution is 2.24. The van der Waals surface area contributed by atoms with Gasteiger partial charge in [-0.25, -0.2) is 9.78 Å². The number of aromatic nitrogens is 1. The number of amides is 1. The Morgan fingerprint density at radius 3 is 2.79 bits per heavy atom. The zero-order valence-electron chi connectivity index (χ0n) is 12.8. The number of carbonyl (C=O) groups is 2. The van der Waals surface area contributed by atoms with Crippen LogP contribution in [0.3, 0.4) is 0 Å². The molecule has 0 fully saturated rings. The molecule has 0 saturated carbocycles. The second kappa shape index (κ2) is 7.46. The van der Waals surface area contributed by atoms with E-state index in [1.54, 1.807) is 0 Å². The number of methoxy groups -OCH3 is 1. The molecule has 0 aliphatic carbocycles. The van der Waals surface area contributed by atoms with Gasteiger partial charge in [-0.15, -0.1) is 11.8 Å². The van der Waals surface area contributed by atoms with Gasteiger partial charge in [0.25, 0.3) is 0 Å². The van der Waals surface area contributed by atoms with Crippen molar-refractivity contribution >= 4 is 50.9 Å². The van der Waals surface area contributed by atoms with Gasteiger partial charge in [0.2, 0.25) is 5.91 Å². The molecule has 0 atom stereocenters. The topological polar surface area (TPSA) is 68.3 Å². The Kier molecular flexibility index (Phi) is 5.12. The maximum Gasteiger partial charge on any atom is 0.349 e. The van der Waals surface area contributed by atoms with Crippen molar-refractivity contribution < 1.29 is 14.3 Å². The Morgan fingerprint density at radius 1 is 1.21 bits per heavy atom. The highest BCUT2D eigenvalue weighted by atomic mass is 32.2. The van der Waals surface area contributed by atoms with Crippen LogP contribution in [0.5, 0.6) is 0 Å². The Balaban J connectivity index is 1.58. The predicted octanol–water partition coefficient (Wildman–Crippen LogP) is 3.81. The number of anilines is 1. The molecule has 5 nitrogen and oxygen atoms in total. The number of thioether (sulfide) groups is 1. The fourth-order valence-electron chi connectivity index (χ4n) is 2.09. The molecule has 2 aromatic carbocycles. The van der Waals surface area contributed by atoms with Crippen molar-refractivity contribution in [3.05, 3.63) is 53.5 Å². The molecule has 3 rings (SSSR count). The number of thiazole rings is 1. The Morgan fingerprint density at radius 2 is 2.00 bits per heavy atom. The minimum Gasteiger partial charge on any atom is -0.465 e. The summed E-state index contributed by atoms with van der Waals surface area (Å²) in [6.07, 6.45) is 1.39. The summed E-state index contributed by atoms with van der Waals surface area (Å²) in [7, 11) is 1.31. The van der Waals surface area contributed by atoms with Gasteiger partial charge in [0.1, 0.15) is 4.88 Å². The molecule has 0 radical (unpaired) electrons. The normalized spacial score (nSPS) is 10.5. The molecular weight excluding hydrogens is 344 g/mol. The van der Waals surface area contributed by atoms with Crippen LogP contribution in [-0.2, 0) is 9.53 Å². The van der Waals surface area contributed by atoms with E-state index in [9.17, 15) is 9.59 Å². The summed E-state index contributed by atoms with van der Waals surface area (Å²) in [4.78, 5) is 28.8. The zero-order valence-corrected chi connectivity index (χ0v) is 14.4. The van der Waals surface area contributed by atoms with E-state index in [1.807, 2.05) is 30.3 Å². The summed E-state index contributed by atoms with van der Waals surface area (Å²) in [6, 6.07) is 14.2. The second-order valence-corrected chi connectivity index (χ2v) is 6.95. The summed E-state index contributed by atoms with van der Waals surface area (Å²) in [6.45, 7) is 0. The van der Waals surface area contributed by atoms with Crippen LogP contribution in [0.1, 0.15) is 9.67 Å². The van der Waals surface area contributed by atoms with E-state index < -0.39 is 5.97 Å². The number of nitrogens with zero attached hydrogens (tertiary/aromatic N) is 1. The Labute approximate surface area is 147 Å². The molecule has 0 spiro atoms. The first-order valence-electron chi connectivity index (χ1n) is 7.11. The van der Waals surface area contributed by atoms with Gasteiger partial charge in [0.15, 0.2) is 5.13 Å². The van der Waals surface area contributed by atoms with E-state index in [2.05, 4.69) is 27.2 Å². The third kappa shape index (κ3) is 3.93. The standard InChI is InChI=1S/C17H14N2O3S2/c1-22-16(21)14-9-18-17(24-14)19-15(20)10-23-13-7-6-11-4-2-3-5-12(11)8-13/h2-9H,10H2,1H3,(H,18,19,20). The quantitative estimate of drug-likeness (QED) is 0.555. The van der Waals surface area contributed by atoms with Crippen LogP contribution >= 0.6 is 23.1 Å². The number of carbonyl (C=O) groups excluding carboxylic acids is 2. The van der Waals surface area contributed by atoms with Crippen molar-refractivity contribution in [3.63, 3.8) is 0 Å². The number of fused-ring (bicyclic) bond motifs is 1. The van der Waals surface area contributed by atoms with Crippen molar-refractivity contribution in [2.24, 2.45) is 0 Å². The molecule has 3 aromatic rings. The summed E-state index contributed by atoms with van der Waals surface area (Å²) in [5, 5.41) is 5.39. The van der Waals surface area contributed by atoms with Crippen molar-refractivity contribution in [1.82, 2.24) is 4.98 Å². The molecule has 1 aromatic heterocycles. The maximum atomic E-state index is 12.0. The minimum atomic E-state index is -0.460. The molecule has 7 heteroatoms. The molecule has 24 heavy (non-hydrogen) atoms. The van der Waals surface area contributed by atoms with Gasteiger partial charge >= 0.3 is 5.97 Å². The van der Waals surface area contributed by atoms with Crippen molar-refractivity contribution in [3.8, 4) is 0 Å². The lowest BCUT2D eigenvalue weighted by molar-refractivity contribution is -0.113. The van der Waals surface area contributed by atoms with Crippen molar-refractivity contribution in [2.75, 3.05) is 18.2 Å². The van der Waals surface area contributed by atoms with Gasteiger partial charge in [0, 0.05) is 4.90 Å². The number of nitrogens with one attached hydrogen (secondary N) is 1. The molecule has 1 N–H and O–H groups in total. The summed E-state index contributed by atoms with van der Waals surface area (Å²) < 4.78 is 4.61. The van der Waals surface area contributed by atoms with Crippen molar-refractivity contribution in [2.45, 2.75) is 4.90 Å². The third-order valence-corrected chi connectivity index (χ3v) is 5.12. The van der Waals surface area contributed by atoms with E-state index in [4.69, 9.17) is 0 Å². The fourth-order valence-corrected chi connectivity index (χ4v) is 3.58. The van der Waals surface area contributed by atoms with Gasteiger partial charge in [-0.2, -0.15) is 0 Å². The van der Waals surface area contributed by atoms with E-state index in [0.29, 0.717) is 10.0 Å². The average molecular weight is 358 g/mol. The van der Waals surface area contributed by atoms with E-state index in [-0.39, 0.29) is 11.7 Å². The lowest BCUT2D eigenvalue weighted by Crippen LogP contribution is -2.13. The molecule has 1 heterocycles. The van der Waals surface area contributed by atoms with Gasteiger partial charge in [-0.1, -0.05) is 41.7 Å². The van der Waals surface area contributed by atoms with Gasteiger partial charge < -0.3 is 10.1 Å². The molecule has 1 amide bonds. The van der Waals surface area contributed by atoms with E-state index in [1.165, 1.54) is 30.5 Å². The number of benzene rings is 2. The molecule has 0 aliphatic heterocycles. The minimum absolute atomic E-state index is 0.168. The highest BCUT2D eigenvalue weighted by molar-refractivity contribution is 8.00. The lowest BCUT2D eigenvalue weighted by Gasteiger charge is -2.04. The molecule has 0 aliphatic rings.